The van der Waals surface area contributed by atoms with Crippen molar-refractivity contribution in [2.75, 3.05) is 0 Å². The van der Waals surface area contributed by atoms with Crippen LogP contribution in [0, 0.1) is 0 Å². The van der Waals surface area contributed by atoms with Crippen LogP contribution in [0.2, 0.25) is 5.22 Å². The average Bonchev–Trinajstić information content (AvgIpc) is 1.86. The molecule has 0 aliphatic heterocycles. The Morgan fingerprint density at radius 2 is 1.60 bits per heavy atom. The number of hydrogen-bond acceptors (Lipinski definition) is 1. The summed E-state index contributed by atoms with van der Waals surface area (Å²) in [5.74, 6) is 0. The molecule has 0 spiro atoms. The Hall–Kier alpha value is -0.590. The third kappa shape index (κ3) is 7.41. The zero-order chi connectivity index (χ0) is 4.41. The van der Waals surface area contributed by atoms with Gasteiger partial charge in [-0.2, -0.15) is 0 Å². The fourth-order valence-corrected chi connectivity index (χ4v) is 0.383. The molecule has 6 heteroatoms. The molecule has 8 N–H and O–H groups in total. The van der Waals surface area contributed by atoms with Crippen LogP contribution >= 0.6 is 11.6 Å². The Labute approximate surface area is 62.5 Å². The highest BCUT2D eigenvalue weighted by Gasteiger charge is 1.79. The van der Waals surface area contributed by atoms with Gasteiger partial charge in [0, 0.05) is 0 Å². The Bertz CT molecular complexity index is 117. The molecule has 0 bridgehead atoms. The molecule has 1 heterocycles. The molecule has 1 aromatic heterocycles. The number of rotatable bonds is 0. The van der Waals surface area contributed by atoms with E-state index >= 15 is 0 Å². The molecule has 1 aromatic rings. The second kappa shape index (κ2) is 11.2. The van der Waals surface area contributed by atoms with Crippen LogP contribution in [-0.2, 0) is 0 Å². The third-order valence-corrected chi connectivity index (χ3v) is 0.702. The smallest absolute Gasteiger partial charge is 0.192 e. The molecule has 0 radical (unpaired) electrons. The highest BCUT2D eigenvalue weighted by molar-refractivity contribution is 6.28. The Balaban J connectivity index is -0.0000000450. The molecular weight excluding hydrogens is 163 g/mol. The van der Waals surface area contributed by atoms with Crippen molar-refractivity contribution < 1.29 is 26.3 Å². The van der Waals surface area contributed by atoms with E-state index < -0.39 is 0 Å². The van der Waals surface area contributed by atoms with Crippen molar-refractivity contribution in [3.63, 3.8) is 0 Å². The van der Waals surface area contributed by atoms with E-state index in [9.17, 15) is 0 Å². The van der Waals surface area contributed by atoms with Gasteiger partial charge in [0.15, 0.2) is 5.22 Å². The Morgan fingerprint density at radius 1 is 1.10 bits per heavy atom. The highest BCUT2D eigenvalue weighted by atomic mass is 35.5. The first-order valence-electron chi connectivity index (χ1n) is 1.58. The molecule has 0 aliphatic rings. The lowest BCUT2D eigenvalue weighted by Gasteiger charge is -1.65. The Morgan fingerprint density at radius 3 is 1.70 bits per heavy atom. The Kier molecular flexibility index (Phi) is 25.6. The van der Waals surface area contributed by atoms with Gasteiger partial charge < -0.3 is 26.3 Å². The van der Waals surface area contributed by atoms with Crippen LogP contribution in [0.15, 0.2) is 22.8 Å². The van der Waals surface area contributed by atoms with E-state index in [1.54, 1.807) is 12.1 Å². The summed E-state index contributed by atoms with van der Waals surface area (Å²) in [4.78, 5) is 0. The molecule has 0 fully saturated rings. The lowest BCUT2D eigenvalue weighted by Crippen LogP contribution is -1.34. The molecule has 0 saturated heterocycles. The first-order valence-corrected chi connectivity index (χ1v) is 1.96. The van der Waals surface area contributed by atoms with Crippen LogP contribution in [0.5, 0.6) is 0 Å². The van der Waals surface area contributed by atoms with Gasteiger partial charge in [-0.15, -0.1) is 0 Å². The van der Waals surface area contributed by atoms with Gasteiger partial charge in [-0.3, -0.25) is 0 Å². The fraction of sp³-hybridized carbons (Fsp3) is 0. The van der Waals surface area contributed by atoms with E-state index in [2.05, 4.69) is 4.42 Å². The number of furan rings is 1. The number of hydrogen-bond donors (Lipinski definition) is 0. The summed E-state index contributed by atoms with van der Waals surface area (Å²) in [6.45, 7) is 0. The van der Waals surface area contributed by atoms with E-state index in [0.29, 0.717) is 5.22 Å². The molecule has 0 unspecified atom stereocenters. The second-order valence-electron chi connectivity index (χ2n) is 0.917. The third-order valence-electron chi connectivity index (χ3n) is 0.486. The normalized spacial score (nSPS) is 5.30. The molecule has 0 amide bonds. The average molecular weight is 175 g/mol. The van der Waals surface area contributed by atoms with Gasteiger partial charge in [0.2, 0.25) is 0 Å². The minimum absolute atomic E-state index is 0. The minimum atomic E-state index is 0. The van der Waals surface area contributed by atoms with Crippen LogP contribution < -0.4 is 0 Å². The number of halogens is 1. The summed E-state index contributed by atoms with van der Waals surface area (Å²) in [7, 11) is 0. The van der Waals surface area contributed by atoms with E-state index in [1.165, 1.54) is 6.26 Å². The molecule has 0 atom stereocenters. The van der Waals surface area contributed by atoms with E-state index in [-0.39, 0.29) is 21.9 Å². The maximum absolute atomic E-state index is 5.29. The first-order chi connectivity index (χ1) is 2.89. The standard InChI is InChI=1S/C4H3ClO.4H2O/c5-4-2-1-3-6-4;;;;/h1-3H;4*1H2. The molecule has 64 valence electrons. The zero-order valence-electron chi connectivity index (χ0n) is 5.02. The van der Waals surface area contributed by atoms with Crippen LogP contribution in [-0.4, -0.2) is 21.9 Å². The van der Waals surface area contributed by atoms with Crippen molar-refractivity contribution >= 4 is 11.6 Å². The van der Waals surface area contributed by atoms with Gasteiger partial charge in [0.05, 0.1) is 6.26 Å². The molecule has 0 aromatic carbocycles. The lowest BCUT2D eigenvalue weighted by molar-refractivity contribution is 0.569. The van der Waals surface area contributed by atoms with Crippen LogP contribution in [0.1, 0.15) is 0 Å². The fourth-order valence-electron chi connectivity index (χ4n) is 0.259. The van der Waals surface area contributed by atoms with Crippen molar-refractivity contribution in [1.29, 1.82) is 0 Å². The summed E-state index contributed by atoms with van der Waals surface area (Å²) in [6.07, 6.45) is 1.53. The van der Waals surface area contributed by atoms with Gasteiger partial charge in [-0.1, -0.05) is 0 Å². The molecule has 1 rings (SSSR count). The lowest BCUT2D eigenvalue weighted by atomic mass is 10.7. The summed E-state index contributed by atoms with van der Waals surface area (Å²) < 4.78 is 4.60. The predicted octanol–water partition coefficient (Wildman–Crippen LogP) is -1.37. The van der Waals surface area contributed by atoms with Gasteiger partial charge in [-0.25, -0.2) is 0 Å². The monoisotopic (exact) mass is 174 g/mol. The van der Waals surface area contributed by atoms with Crippen molar-refractivity contribution in [1.82, 2.24) is 0 Å². The summed E-state index contributed by atoms with van der Waals surface area (Å²) >= 11 is 5.29. The van der Waals surface area contributed by atoms with Crippen molar-refractivity contribution in [2.45, 2.75) is 0 Å². The molecule has 5 nitrogen and oxygen atoms in total. The highest BCUT2D eigenvalue weighted by Crippen LogP contribution is 2.04. The molecule has 0 saturated carbocycles. The maximum Gasteiger partial charge on any atom is 0.192 e. The predicted molar refractivity (Wildman–Crippen MR) is 38.2 cm³/mol. The van der Waals surface area contributed by atoms with Gasteiger partial charge >= 0.3 is 0 Å². The summed E-state index contributed by atoms with van der Waals surface area (Å²) in [5, 5.41) is 0.440. The van der Waals surface area contributed by atoms with Crippen LogP contribution in [0.4, 0.5) is 0 Å². The van der Waals surface area contributed by atoms with Crippen molar-refractivity contribution in [3.05, 3.63) is 23.6 Å². The minimum Gasteiger partial charge on any atom is -0.453 e. The first kappa shape index (κ1) is 22.7. The van der Waals surface area contributed by atoms with Crippen molar-refractivity contribution in [2.24, 2.45) is 0 Å². The summed E-state index contributed by atoms with van der Waals surface area (Å²) in [6, 6.07) is 3.42. The van der Waals surface area contributed by atoms with Crippen LogP contribution in [0.3, 0.4) is 0 Å². The summed E-state index contributed by atoms with van der Waals surface area (Å²) in [5.41, 5.74) is 0. The van der Waals surface area contributed by atoms with E-state index in [0.717, 1.165) is 0 Å². The topological polar surface area (TPSA) is 139 Å². The quantitative estimate of drug-likeness (QED) is 0.471. The molecule has 10 heavy (non-hydrogen) atoms. The van der Waals surface area contributed by atoms with Crippen molar-refractivity contribution in [3.8, 4) is 0 Å². The molecule has 0 aliphatic carbocycles. The SMILES string of the molecule is Clc1ccco1.O.O.O.O. The molecular formula is C4H11ClO5. The van der Waals surface area contributed by atoms with Gasteiger partial charge in [-0.05, 0) is 23.7 Å². The van der Waals surface area contributed by atoms with Gasteiger partial charge in [0.25, 0.3) is 0 Å². The van der Waals surface area contributed by atoms with Crippen LogP contribution in [0.25, 0.3) is 0 Å². The second-order valence-corrected chi connectivity index (χ2v) is 1.29. The van der Waals surface area contributed by atoms with E-state index in [4.69, 9.17) is 11.6 Å². The zero-order valence-corrected chi connectivity index (χ0v) is 5.77. The van der Waals surface area contributed by atoms with Gasteiger partial charge in [0.1, 0.15) is 0 Å². The largest absolute Gasteiger partial charge is 0.453 e. The maximum atomic E-state index is 5.29. The van der Waals surface area contributed by atoms with E-state index in [1.807, 2.05) is 0 Å².